The van der Waals surface area contributed by atoms with Gasteiger partial charge < -0.3 is 14.6 Å². The fraction of sp³-hybridized carbons (Fsp3) is 0.0500. The summed E-state index contributed by atoms with van der Waals surface area (Å²) >= 11 is 0. The second-order valence-corrected chi connectivity index (χ2v) is 6.28. The van der Waals surface area contributed by atoms with Crippen LogP contribution >= 0.6 is 0 Å². The molecule has 0 radical (unpaired) electrons. The number of nitrogens with zero attached hydrogens (tertiary/aromatic N) is 2. The first-order chi connectivity index (χ1) is 13.6. The van der Waals surface area contributed by atoms with Crippen LogP contribution < -0.4 is 20.2 Å². The highest BCUT2D eigenvalue weighted by molar-refractivity contribution is 5.89. The first-order valence-electron chi connectivity index (χ1n) is 8.34. The van der Waals surface area contributed by atoms with Gasteiger partial charge in [0.15, 0.2) is 23.0 Å². The third-order valence-electron chi connectivity index (χ3n) is 4.42. The Kier molecular flexibility index (Phi) is 3.61. The molecule has 28 heavy (non-hydrogen) atoms. The van der Waals surface area contributed by atoms with Gasteiger partial charge in [-0.05, 0) is 35.9 Å². The number of benzene rings is 3. The van der Waals surface area contributed by atoms with Crippen molar-refractivity contribution in [2.45, 2.75) is 6.61 Å². The summed E-state index contributed by atoms with van der Waals surface area (Å²) in [5.41, 5.74) is 1.94. The van der Waals surface area contributed by atoms with E-state index in [1.807, 2.05) is 0 Å². The SMILES string of the molecule is O=C(O)c1ccc2c(c1)N=c1cc3c(cc1O2)=Nc1cc(COO)ccc1O3. The molecule has 2 aliphatic rings. The summed E-state index contributed by atoms with van der Waals surface area (Å²) in [7, 11) is 0. The highest BCUT2D eigenvalue weighted by Crippen LogP contribution is 2.37. The van der Waals surface area contributed by atoms with Crippen molar-refractivity contribution in [3.05, 3.63) is 70.4 Å². The number of carbonyl (C=O) groups is 1. The lowest BCUT2D eigenvalue weighted by molar-refractivity contribution is -0.253. The van der Waals surface area contributed by atoms with Crippen molar-refractivity contribution in [3.8, 4) is 23.0 Å². The van der Waals surface area contributed by atoms with Crippen LogP contribution in [0, 0.1) is 0 Å². The zero-order valence-corrected chi connectivity index (χ0v) is 14.2. The maximum atomic E-state index is 11.2. The van der Waals surface area contributed by atoms with Gasteiger partial charge in [-0.3, -0.25) is 5.26 Å². The molecule has 0 aliphatic carbocycles. The van der Waals surface area contributed by atoms with E-state index in [-0.39, 0.29) is 12.2 Å². The molecule has 8 nitrogen and oxygen atoms in total. The van der Waals surface area contributed by atoms with Gasteiger partial charge >= 0.3 is 5.97 Å². The highest BCUT2D eigenvalue weighted by atomic mass is 17.1. The minimum absolute atomic E-state index is 0.0525. The number of aromatic carboxylic acids is 1. The van der Waals surface area contributed by atoms with E-state index in [9.17, 15) is 4.79 Å². The molecule has 0 unspecified atom stereocenters. The minimum atomic E-state index is -1.03. The van der Waals surface area contributed by atoms with Crippen molar-refractivity contribution in [2.24, 2.45) is 9.98 Å². The molecule has 3 aromatic carbocycles. The molecule has 0 aromatic heterocycles. The first kappa shape index (κ1) is 16.4. The fourth-order valence-electron chi connectivity index (χ4n) is 3.10. The van der Waals surface area contributed by atoms with Gasteiger partial charge in [0.1, 0.15) is 28.7 Å². The Hall–Kier alpha value is -3.75. The number of hydrogen-bond donors (Lipinski definition) is 2. The molecule has 0 amide bonds. The van der Waals surface area contributed by atoms with Crippen LogP contribution in [0.5, 0.6) is 23.0 Å². The second-order valence-electron chi connectivity index (χ2n) is 6.28. The number of rotatable bonds is 3. The molecule has 8 heteroatoms. The van der Waals surface area contributed by atoms with Gasteiger partial charge in [0.05, 0.1) is 5.56 Å². The quantitative estimate of drug-likeness (QED) is 0.368. The summed E-state index contributed by atoms with van der Waals surface area (Å²) in [5.74, 6) is 1.03. The van der Waals surface area contributed by atoms with Crippen LogP contribution in [-0.4, -0.2) is 16.3 Å². The van der Waals surface area contributed by atoms with Crippen LogP contribution in [0.4, 0.5) is 11.4 Å². The van der Waals surface area contributed by atoms with Gasteiger partial charge in [0.2, 0.25) is 0 Å². The minimum Gasteiger partial charge on any atom is -0.478 e. The van der Waals surface area contributed by atoms with Crippen LogP contribution in [0.2, 0.25) is 0 Å². The lowest BCUT2D eigenvalue weighted by atomic mass is 10.1. The van der Waals surface area contributed by atoms with Crippen molar-refractivity contribution < 1.29 is 29.5 Å². The van der Waals surface area contributed by atoms with Gasteiger partial charge in [-0.15, -0.1) is 0 Å². The largest absolute Gasteiger partial charge is 0.478 e. The molecular weight excluding hydrogens is 364 g/mol. The molecule has 0 fully saturated rings. The topological polar surface area (TPSA) is 110 Å². The van der Waals surface area contributed by atoms with Gasteiger partial charge in [-0.2, -0.15) is 0 Å². The molecule has 3 aromatic rings. The van der Waals surface area contributed by atoms with Gasteiger partial charge in [-0.25, -0.2) is 19.7 Å². The molecule has 2 aliphatic heterocycles. The number of ether oxygens (including phenoxy) is 2. The van der Waals surface area contributed by atoms with E-state index in [1.54, 1.807) is 36.4 Å². The Morgan fingerprint density at radius 2 is 1.46 bits per heavy atom. The van der Waals surface area contributed by atoms with Crippen LogP contribution in [0.25, 0.3) is 0 Å². The monoisotopic (exact) mass is 376 g/mol. The van der Waals surface area contributed by atoms with E-state index in [2.05, 4.69) is 14.9 Å². The molecule has 0 spiro atoms. The molecule has 0 atom stereocenters. The van der Waals surface area contributed by atoms with Crippen molar-refractivity contribution in [1.82, 2.24) is 0 Å². The van der Waals surface area contributed by atoms with E-state index in [0.717, 1.165) is 5.56 Å². The molecule has 138 valence electrons. The zero-order valence-electron chi connectivity index (χ0n) is 14.2. The first-order valence-corrected chi connectivity index (χ1v) is 8.34. The third-order valence-corrected chi connectivity index (χ3v) is 4.42. The number of fused-ring (bicyclic) bond motifs is 4. The van der Waals surface area contributed by atoms with E-state index in [4.69, 9.17) is 19.8 Å². The van der Waals surface area contributed by atoms with E-state index in [1.165, 1.54) is 12.1 Å². The second kappa shape index (κ2) is 6.15. The molecule has 0 saturated heterocycles. The van der Waals surface area contributed by atoms with Gasteiger partial charge in [0.25, 0.3) is 0 Å². The maximum absolute atomic E-state index is 11.2. The Bertz CT molecular complexity index is 1270. The van der Waals surface area contributed by atoms with Crippen molar-refractivity contribution in [1.29, 1.82) is 0 Å². The summed E-state index contributed by atoms with van der Waals surface area (Å²) in [5, 5.41) is 18.9. The molecule has 5 rings (SSSR count). The average molecular weight is 376 g/mol. The lowest BCUT2D eigenvalue weighted by Gasteiger charge is -2.18. The van der Waals surface area contributed by atoms with Gasteiger partial charge in [-0.1, -0.05) is 6.07 Å². The molecule has 2 N–H and O–H groups in total. The Morgan fingerprint density at radius 1 is 0.857 bits per heavy atom. The standard InChI is InChI=1S/C20H12N2O6/c23-20(24)11-2-4-17-13(6-11)22-15-8-18-14(7-19(15)28-17)21-12-5-10(9-26-25)1-3-16(12)27-18/h1-8,25H,9H2,(H,23,24). The zero-order chi connectivity index (χ0) is 19.3. The van der Waals surface area contributed by atoms with Crippen molar-refractivity contribution >= 4 is 17.3 Å². The fourth-order valence-corrected chi connectivity index (χ4v) is 3.10. The average Bonchev–Trinajstić information content (AvgIpc) is 2.69. The lowest BCUT2D eigenvalue weighted by Crippen LogP contribution is -2.18. The number of carboxylic acids is 1. The summed E-state index contributed by atoms with van der Waals surface area (Å²) < 4.78 is 11.8. The van der Waals surface area contributed by atoms with Crippen LogP contribution in [-0.2, 0) is 11.5 Å². The normalized spacial score (nSPS) is 12.8. The Labute approximate surface area is 157 Å². The van der Waals surface area contributed by atoms with Crippen LogP contribution in [0.1, 0.15) is 15.9 Å². The van der Waals surface area contributed by atoms with Gasteiger partial charge in [0, 0.05) is 12.1 Å². The van der Waals surface area contributed by atoms with Crippen molar-refractivity contribution in [2.75, 3.05) is 0 Å². The summed E-state index contributed by atoms with van der Waals surface area (Å²) in [4.78, 5) is 24.4. The van der Waals surface area contributed by atoms with E-state index < -0.39 is 5.97 Å². The van der Waals surface area contributed by atoms with E-state index >= 15 is 0 Å². The Balaban J connectivity index is 1.62. The van der Waals surface area contributed by atoms with Crippen LogP contribution in [0.15, 0.2) is 58.5 Å². The summed E-state index contributed by atoms with van der Waals surface area (Å²) in [6, 6.07) is 13.2. The molecule has 2 heterocycles. The number of carboxylic acid groups (broad SMARTS) is 1. The highest BCUT2D eigenvalue weighted by Gasteiger charge is 2.19. The molecule has 0 bridgehead atoms. The number of hydrogen-bond acceptors (Lipinski definition) is 7. The molecular formula is C20H12N2O6. The Morgan fingerprint density at radius 3 is 2.07 bits per heavy atom. The maximum Gasteiger partial charge on any atom is 0.335 e. The molecule has 0 saturated carbocycles. The third kappa shape index (κ3) is 2.68. The van der Waals surface area contributed by atoms with Crippen LogP contribution in [0.3, 0.4) is 0 Å². The summed E-state index contributed by atoms with van der Waals surface area (Å²) in [6.07, 6.45) is 0. The van der Waals surface area contributed by atoms with Crippen molar-refractivity contribution in [3.63, 3.8) is 0 Å². The predicted molar refractivity (Wildman–Crippen MR) is 95.5 cm³/mol. The summed E-state index contributed by atoms with van der Waals surface area (Å²) in [6.45, 7) is 0.0525. The predicted octanol–water partition coefficient (Wildman–Crippen LogP) is 3.49. The van der Waals surface area contributed by atoms with E-state index in [0.29, 0.717) is 45.1 Å². The smallest absolute Gasteiger partial charge is 0.335 e.